The van der Waals surface area contributed by atoms with Crippen molar-refractivity contribution in [2.75, 3.05) is 59.2 Å². The molecule has 0 aromatic heterocycles. The number of amides is 6. The molecule has 6 fully saturated rings. The summed E-state index contributed by atoms with van der Waals surface area (Å²) in [5.41, 5.74) is 4.76. The summed E-state index contributed by atoms with van der Waals surface area (Å²) < 4.78 is 17.3. The standard InChI is InChI=1S/C63H68N6O11/c70-57(71)23-24-78-25-26-79-27-28-80-56-29-42(62(76)68-34-48(58(72)64-52-30-44(52)38-13-5-1-6-14-38)49(35-68)59(73)65-53-31-45(53)39-15-7-2-8-16-39)21-22-43(56)63(77)69-36-50(60(74)66-54-32-46(54)40-17-9-3-10-18-40)51(37-69)61(75)67-55-33-47(55)41-19-11-4-12-20-41/h1-22,29,44-55H,23-28,30-37H2,(H,64,72)(H,65,73)(H,66,74)(H,67,75)(H,70,71)/t44-,45-,46-,47-,48-,49-,50-,51-,52+,53+,54+,55+/m1/s1. The van der Waals surface area contributed by atoms with Crippen LogP contribution in [0, 0.1) is 23.7 Å². The van der Waals surface area contributed by atoms with Crippen LogP contribution >= 0.6 is 0 Å². The van der Waals surface area contributed by atoms with Crippen LogP contribution in [0.2, 0.25) is 0 Å². The van der Waals surface area contributed by atoms with E-state index >= 15 is 0 Å². The van der Waals surface area contributed by atoms with Gasteiger partial charge in [0.15, 0.2) is 0 Å². The number of nitrogens with zero attached hydrogens (tertiary/aromatic N) is 2. The van der Waals surface area contributed by atoms with Crippen molar-refractivity contribution in [2.45, 2.75) is 79.9 Å². The predicted octanol–water partition coefficient (Wildman–Crippen LogP) is 5.64. The number of likely N-dealkylation sites (tertiary alicyclic amines) is 2. The largest absolute Gasteiger partial charge is 0.490 e. The Morgan fingerprint density at radius 2 is 0.762 bits per heavy atom. The Kier molecular flexibility index (Phi) is 16.4. The van der Waals surface area contributed by atoms with Gasteiger partial charge in [0.2, 0.25) is 23.6 Å². The van der Waals surface area contributed by atoms with E-state index in [2.05, 4.69) is 21.3 Å². The second-order valence-corrected chi connectivity index (χ2v) is 22.2. The molecule has 0 spiro atoms. The number of aliphatic carboxylic acids is 1. The van der Waals surface area contributed by atoms with Crippen LogP contribution in [-0.4, -0.2) is 140 Å². The molecule has 2 saturated heterocycles. The summed E-state index contributed by atoms with van der Waals surface area (Å²) in [6.07, 6.45) is 2.93. The average molecular weight is 1090 g/mol. The number of ether oxygens (including phenoxy) is 3. The molecule has 17 heteroatoms. The highest BCUT2D eigenvalue weighted by atomic mass is 16.5. The first-order valence-electron chi connectivity index (χ1n) is 28.1. The second kappa shape index (κ2) is 24.2. The number of rotatable bonds is 24. The van der Waals surface area contributed by atoms with Crippen LogP contribution < -0.4 is 26.0 Å². The Morgan fingerprint density at radius 1 is 0.425 bits per heavy atom. The molecule has 11 rings (SSSR count). The fourth-order valence-electron chi connectivity index (χ4n) is 11.9. The Hall–Kier alpha value is -7.89. The average Bonchev–Trinajstić information content (AvgIpc) is 4.58. The molecule has 12 atom stereocenters. The third-order valence-electron chi connectivity index (χ3n) is 16.7. The number of hydrogen-bond donors (Lipinski definition) is 5. The van der Waals surface area contributed by atoms with E-state index in [-0.39, 0.29) is 154 Å². The van der Waals surface area contributed by atoms with Crippen LogP contribution in [0.5, 0.6) is 5.75 Å². The molecule has 6 aliphatic rings. The highest BCUT2D eigenvalue weighted by Gasteiger charge is 2.51. The Morgan fingerprint density at radius 3 is 1.12 bits per heavy atom. The predicted molar refractivity (Wildman–Crippen MR) is 295 cm³/mol. The first-order valence-corrected chi connectivity index (χ1v) is 28.1. The van der Waals surface area contributed by atoms with Crippen molar-refractivity contribution in [1.29, 1.82) is 0 Å². The van der Waals surface area contributed by atoms with Crippen LogP contribution in [0.25, 0.3) is 0 Å². The van der Waals surface area contributed by atoms with Crippen molar-refractivity contribution in [3.8, 4) is 5.75 Å². The molecule has 0 bridgehead atoms. The lowest BCUT2D eigenvalue weighted by molar-refractivity contribution is -0.138. The lowest BCUT2D eigenvalue weighted by Gasteiger charge is -2.21. The Balaban J connectivity index is 0.810. The molecule has 5 aromatic rings. The maximum absolute atomic E-state index is 14.9. The zero-order valence-corrected chi connectivity index (χ0v) is 44.5. The van der Waals surface area contributed by atoms with Crippen LogP contribution in [0.15, 0.2) is 140 Å². The van der Waals surface area contributed by atoms with Crippen molar-refractivity contribution in [1.82, 2.24) is 31.1 Å². The van der Waals surface area contributed by atoms with E-state index in [4.69, 9.17) is 19.3 Å². The Bertz CT molecular complexity index is 2910. The fraction of sp³-hybridized carbons (Fsp3) is 0.413. The molecule has 416 valence electrons. The number of nitrogens with one attached hydrogen (secondary N) is 4. The van der Waals surface area contributed by atoms with Crippen molar-refractivity contribution < 1.29 is 52.9 Å². The summed E-state index contributed by atoms with van der Waals surface area (Å²) in [5, 5.41) is 21.7. The maximum atomic E-state index is 14.9. The normalized spacial score (nSPS) is 26.9. The van der Waals surface area contributed by atoms with Crippen LogP contribution in [0.3, 0.4) is 0 Å². The van der Waals surface area contributed by atoms with E-state index in [1.165, 1.54) is 28.0 Å². The second-order valence-electron chi connectivity index (χ2n) is 22.2. The monoisotopic (exact) mass is 1080 g/mol. The van der Waals surface area contributed by atoms with Crippen LogP contribution in [0.1, 0.15) is 98.7 Å². The summed E-state index contributed by atoms with van der Waals surface area (Å²) in [6, 6.07) is 44.0. The third kappa shape index (κ3) is 12.9. The molecule has 4 aliphatic carbocycles. The molecule has 5 aromatic carbocycles. The van der Waals surface area contributed by atoms with E-state index in [0.717, 1.165) is 47.9 Å². The molecule has 0 unspecified atom stereocenters. The molecule has 2 aliphatic heterocycles. The van der Waals surface area contributed by atoms with Gasteiger partial charge >= 0.3 is 5.97 Å². The van der Waals surface area contributed by atoms with Crippen LogP contribution in [-0.2, 0) is 33.4 Å². The number of carbonyl (C=O) groups excluding carboxylic acids is 6. The number of hydrogen-bond acceptors (Lipinski definition) is 10. The summed E-state index contributed by atoms with van der Waals surface area (Å²) in [7, 11) is 0. The van der Waals surface area contributed by atoms with Gasteiger partial charge in [-0.05, 0) is 66.1 Å². The molecule has 2 heterocycles. The zero-order chi connectivity index (χ0) is 55.3. The molecule has 6 amide bonds. The topological polar surface area (TPSA) is 222 Å². The molecular weight excluding hydrogens is 1020 g/mol. The highest BCUT2D eigenvalue weighted by Crippen LogP contribution is 2.45. The molecule has 0 radical (unpaired) electrons. The zero-order valence-electron chi connectivity index (χ0n) is 44.5. The smallest absolute Gasteiger partial charge is 0.305 e. The van der Waals surface area contributed by atoms with Gasteiger partial charge in [-0.2, -0.15) is 0 Å². The maximum Gasteiger partial charge on any atom is 0.305 e. The number of carboxylic acid groups (broad SMARTS) is 1. The van der Waals surface area contributed by atoms with E-state index in [0.29, 0.717) is 0 Å². The van der Waals surface area contributed by atoms with Gasteiger partial charge in [-0.1, -0.05) is 121 Å². The van der Waals surface area contributed by atoms with E-state index in [1.807, 2.05) is 121 Å². The summed E-state index contributed by atoms with van der Waals surface area (Å²) >= 11 is 0. The van der Waals surface area contributed by atoms with Crippen molar-refractivity contribution in [3.05, 3.63) is 173 Å². The highest BCUT2D eigenvalue weighted by molar-refractivity contribution is 6.02. The summed E-state index contributed by atoms with van der Waals surface area (Å²) in [4.78, 5) is 101. The molecule has 17 nitrogen and oxygen atoms in total. The molecule has 5 N–H and O–H groups in total. The van der Waals surface area contributed by atoms with Crippen molar-refractivity contribution in [2.24, 2.45) is 23.7 Å². The number of carboxylic acids is 1. The first-order chi connectivity index (χ1) is 39.0. The third-order valence-corrected chi connectivity index (χ3v) is 16.7. The SMILES string of the molecule is O=C(O)CCOCCOCCOc1cc(C(=O)N2C[C@@H](C(=O)N[C@H]3C[C@@H]3c3ccccc3)[C@H](C(=O)N[C@H]3C[C@@H]3c3ccccc3)C2)ccc1C(=O)N1C[C@@H](C(=O)N[C@H]2C[C@@H]2c2ccccc2)[C@H](C(=O)N[C@H]2C[C@@H]2c2ccccc2)C1. The minimum Gasteiger partial charge on any atom is -0.490 e. The molecule has 4 saturated carbocycles. The molecule has 80 heavy (non-hydrogen) atoms. The van der Waals surface area contributed by atoms with Gasteiger partial charge in [0, 0.05) is 79.6 Å². The van der Waals surface area contributed by atoms with Crippen molar-refractivity contribution in [3.63, 3.8) is 0 Å². The minimum atomic E-state index is -0.973. The minimum absolute atomic E-state index is 0.0158. The van der Waals surface area contributed by atoms with Gasteiger partial charge in [-0.25, -0.2) is 0 Å². The molecular formula is C63H68N6O11. The quantitative estimate of drug-likeness (QED) is 0.0476. The first kappa shape index (κ1) is 54.1. The lowest BCUT2D eigenvalue weighted by atomic mass is 9.94. The summed E-state index contributed by atoms with van der Waals surface area (Å²) in [5.74, 6) is -5.79. The fourth-order valence-corrected chi connectivity index (χ4v) is 11.9. The number of benzene rings is 5. The van der Waals surface area contributed by atoms with Gasteiger partial charge in [0.25, 0.3) is 11.8 Å². The van der Waals surface area contributed by atoms with Crippen LogP contribution in [0.4, 0.5) is 0 Å². The van der Waals surface area contributed by atoms with Gasteiger partial charge in [0.05, 0.1) is 62.1 Å². The van der Waals surface area contributed by atoms with Gasteiger partial charge in [-0.3, -0.25) is 33.6 Å². The van der Waals surface area contributed by atoms with E-state index in [1.54, 1.807) is 0 Å². The summed E-state index contributed by atoms with van der Waals surface area (Å²) in [6.45, 7) is 0.220. The lowest BCUT2D eigenvalue weighted by Crippen LogP contribution is -2.43. The van der Waals surface area contributed by atoms with E-state index < -0.39 is 41.5 Å². The Labute approximate surface area is 465 Å². The van der Waals surface area contributed by atoms with Gasteiger partial charge < -0.3 is 50.4 Å². The number of carbonyl (C=O) groups is 7. The van der Waals surface area contributed by atoms with Gasteiger partial charge in [0.1, 0.15) is 12.4 Å². The van der Waals surface area contributed by atoms with Gasteiger partial charge in [-0.15, -0.1) is 0 Å². The van der Waals surface area contributed by atoms with Crippen molar-refractivity contribution >= 4 is 41.4 Å². The van der Waals surface area contributed by atoms with E-state index in [9.17, 15) is 33.6 Å².